The van der Waals surface area contributed by atoms with E-state index in [0.29, 0.717) is 33.8 Å². The van der Waals surface area contributed by atoms with Gasteiger partial charge in [-0.3, -0.25) is 9.98 Å². The van der Waals surface area contributed by atoms with Gasteiger partial charge in [-0.1, -0.05) is 152 Å². The average Bonchev–Trinajstić information content (AvgIpc) is 3.33. The van der Waals surface area contributed by atoms with Gasteiger partial charge in [0.05, 0.1) is 14.2 Å². The van der Waals surface area contributed by atoms with Gasteiger partial charge in [-0.15, -0.1) is 0 Å². The lowest BCUT2D eigenvalue weighted by Crippen LogP contribution is -2.32. The molecule has 0 bridgehead atoms. The predicted octanol–water partition coefficient (Wildman–Crippen LogP) is 11.0. The van der Waals surface area contributed by atoms with Crippen LogP contribution < -0.4 is 9.47 Å². The quantitative estimate of drug-likeness (QED) is 0.0744. The standard InChI is InChI=1S/C53H50N2O6/c1-52(60-4,41-25-15-8-16-26-41)46-33-44(58-2)31-39(50(46)56)35-54-48(37-21-11-6-12-22-37)49(38-23-13-7-14-24-38)55-36-40-32-45(59-3)34-47(51(40)57)53(61-5,42-27-17-9-18-28-42)43-29-19-10-20-30-43/h6-36,48-49,56-57H,1-5H3/t48-,49-,52?/m0/s1. The molecule has 0 radical (unpaired) electrons. The summed E-state index contributed by atoms with van der Waals surface area (Å²) < 4.78 is 24.2. The molecule has 8 heteroatoms. The molecule has 0 aromatic heterocycles. The third-order valence-electron chi connectivity index (χ3n) is 11.3. The van der Waals surface area contributed by atoms with Gasteiger partial charge in [0.2, 0.25) is 0 Å². The van der Waals surface area contributed by atoms with Crippen LogP contribution in [0.2, 0.25) is 0 Å². The Hall–Kier alpha value is -7.00. The van der Waals surface area contributed by atoms with E-state index in [-0.39, 0.29) is 11.5 Å². The van der Waals surface area contributed by atoms with Crippen molar-refractivity contribution in [3.63, 3.8) is 0 Å². The molecule has 2 N–H and O–H groups in total. The Morgan fingerprint density at radius 2 is 0.820 bits per heavy atom. The molecule has 1 unspecified atom stereocenters. The molecule has 0 amide bonds. The molecular formula is C53H50N2O6. The molecule has 7 rings (SSSR count). The number of nitrogens with zero attached hydrogens (tertiary/aromatic N) is 2. The second kappa shape index (κ2) is 18.9. The van der Waals surface area contributed by atoms with Crippen molar-refractivity contribution in [1.29, 1.82) is 0 Å². The maximum absolute atomic E-state index is 12.4. The van der Waals surface area contributed by atoms with Crippen LogP contribution in [-0.2, 0) is 20.7 Å². The molecule has 0 spiro atoms. The van der Waals surface area contributed by atoms with E-state index in [1.165, 1.54) is 0 Å². The zero-order chi connectivity index (χ0) is 42.8. The largest absolute Gasteiger partial charge is 0.507 e. The van der Waals surface area contributed by atoms with Gasteiger partial charge in [0.25, 0.3) is 0 Å². The predicted molar refractivity (Wildman–Crippen MR) is 243 cm³/mol. The van der Waals surface area contributed by atoms with Crippen LogP contribution >= 0.6 is 0 Å². The van der Waals surface area contributed by atoms with Crippen molar-refractivity contribution in [3.05, 3.63) is 226 Å². The highest BCUT2D eigenvalue weighted by Crippen LogP contribution is 2.47. The van der Waals surface area contributed by atoms with Crippen molar-refractivity contribution >= 4 is 12.4 Å². The van der Waals surface area contributed by atoms with E-state index in [0.717, 1.165) is 27.8 Å². The van der Waals surface area contributed by atoms with Crippen LogP contribution in [0.1, 0.15) is 69.1 Å². The number of phenolic OH excluding ortho intramolecular Hbond substituents is 2. The zero-order valence-corrected chi connectivity index (χ0v) is 35.0. The van der Waals surface area contributed by atoms with E-state index in [4.69, 9.17) is 28.9 Å². The molecule has 3 atom stereocenters. The third-order valence-corrected chi connectivity index (χ3v) is 11.3. The summed E-state index contributed by atoms with van der Waals surface area (Å²) in [6, 6.07) is 55.1. The van der Waals surface area contributed by atoms with E-state index in [2.05, 4.69) is 0 Å². The normalized spacial score (nSPS) is 13.8. The number of hydrogen-bond donors (Lipinski definition) is 2. The molecule has 8 nitrogen and oxygen atoms in total. The van der Waals surface area contributed by atoms with E-state index < -0.39 is 23.3 Å². The fourth-order valence-electron chi connectivity index (χ4n) is 7.95. The van der Waals surface area contributed by atoms with Crippen molar-refractivity contribution in [1.82, 2.24) is 0 Å². The fourth-order valence-corrected chi connectivity index (χ4v) is 7.95. The number of ether oxygens (including phenoxy) is 4. The van der Waals surface area contributed by atoms with E-state index in [1.54, 1.807) is 59.1 Å². The van der Waals surface area contributed by atoms with Gasteiger partial charge in [-0.05, 0) is 59.0 Å². The van der Waals surface area contributed by atoms with Crippen LogP contribution in [0.25, 0.3) is 0 Å². The average molecular weight is 811 g/mol. The molecule has 7 aromatic rings. The van der Waals surface area contributed by atoms with Crippen LogP contribution in [0.5, 0.6) is 23.0 Å². The van der Waals surface area contributed by atoms with Crippen LogP contribution in [0, 0.1) is 0 Å². The Morgan fingerprint density at radius 3 is 1.20 bits per heavy atom. The first-order valence-corrected chi connectivity index (χ1v) is 20.0. The summed E-state index contributed by atoms with van der Waals surface area (Å²) in [4.78, 5) is 10.5. The topological polar surface area (TPSA) is 102 Å². The molecule has 0 saturated carbocycles. The SMILES string of the molecule is COc1cc(C=N[C@@H](c2ccccc2)[C@@H](N=Cc2cc(OC)cc(C(OC)(c3ccccc3)c3ccccc3)c2O)c2ccccc2)c(O)c(C(C)(OC)c2ccccc2)c1. The maximum atomic E-state index is 12.4. The highest BCUT2D eigenvalue weighted by atomic mass is 16.5. The highest BCUT2D eigenvalue weighted by molar-refractivity contribution is 5.87. The zero-order valence-electron chi connectivity index (χ0n) is 35.0. The van der Waals surface area contributed by atoms with Crippen LogP contribution in [0.4, 0.5) is 0 Å². The molecule has 0 heterocycles. The Bertz CT molecular complexity index is 2530. The number of aromatic hydroxyl groups is 2. The van der Waals surface area contributed by atoms with E-state index in [1.807, 2.05) is 165 Å². The molecule has 0 aliphatic heterocycles. The van der Waals surface area contributed by atoms with Crippen LogP contribution in [0.3, 0.4) is 0 Å². The Morgan fingerprint density at radius 1 is 0.459 bits per heavy atom. The summed E-state index contributed by atoms with van der Waals surface area (Å²) in [5.41, 5.74) is 3.98. The number of methoxy groups -OCH3 is 4. The first-order chi connectivity index (χ1) is 29.8. The van der Waals surface area contributed by atoms with Crippen molar-refractivity contribution in [2.75, 3.05) is 28.4 Å². The molecule has 0 aliphatic rings. The van der Waals surface area contributed by atoms with Crippen molar-refractivity contribution in [2.24, 2.45) is 9.98 Å². The number of hydrogen-bond acceptors (Lipinski definition) is 8. The van der Waals surface area contributed by atoms with E-state index in [9.17, 15) is 10.2 Å². The molecule has 308 valence electrons. The lowest BCUT2D eigenvalue weighted by Gasteiger charge is -2.35. The maximum Gasteiger partial charge on any atom is 0.147 e. The molecule has 61 heavy (non-hydrogen) atoms. The van der Waals surface area contributed by atoms with Crippen molar-refractivity contribution < 1.29 is 29.2 Å². The first-order valence-electron chi connectivity index (χ1n) is 20.0. The minimum absolute atomic E-state index is 0.0108. The van der Waals surface area contributed by atoms with Gasteiger partial charge in [0.1, 0.15) is 46.3 Å². The minimum Gasteiger partial charge on any atom is -0.507 e. The summed E-state index contributed by atoms with van der Waals surface area (Å²) in [6.07, 6.45) is 3.34. The lowest BCUT2D eigenvalue weighted by atomic mass is 9.79. The molecular weight excluding hydrogens is 761 g/mol. The van der Waals surface area contributed by atoms with Gasteiger partial charge in [0.15, 0.2) is 0 Å². The summed E-state index contributed by atoms with van der Waals surface area (Å²) in [7, 11) is 6.45. The summed E-state index contributed by atoms with van der Waals surface area (Å²) in [5.74, 6) is 1.04. The van der Waals surface area contributed by atoms with Crippen molar-refractivity contribution in [2.45, 2.75) is 30.2 Å². The van der Waals surface area contributed by atoms with Crippen molar-refractivity contribution in [3.8, 4) is 23.0 Å². The Balaban J connectivity index is 1.38. The first kappa shape index (κ1) is 42.1. The van der Waals surface area contributed by atoms with Crippen LogP contribution in [0.15, 0.2) is 186 Å². The van der Waals surface area contributed by atoms with Gasteiger partial charge in [-0.2, -0.15) is 0 Å². The monoisotopic (exact) mass is 810 g/mol. The fraction of sp³-hybridized carbons (Fsp3) is 0.170. The molecule has 7 aromatic carbocycles. The van der Waals surface area contributed by atoms with Crippen LogP contribution in [-0.4, -0.2) is 51.1 Å². The smallest absolute Gasteiger partial charge is 0.147 e. The summed E-state index contributed by atoms with van der Waals surface area (Å²) >= 11 is 0. The number of rotatable bonds is 16. The number of benzene rings is 7. The minimum atomic E-state index is -1.20. The van der Waals surface area contributed by atoms with Gasteiger partial charge < -0.3 is 29.2 Å². The van der Waals surface area contributed by atoms with E-state index >= 15 is 0 Å². The molecule has 0 aliphatic carbocycles. The molecule has 0 fully saturated rings. The second-order valence-corrected chi connectivity index (χ2v) is 14.7. The number of phenols is 2. The summed E-state index contributed by atoms with van der Waals surface area (Å²) in [5, 5.41) is 24.3. The van der Waals surface area contributed by atoms with Gasteiger partial charge in [0, 0.05) is 48.9 Å². The Kier molecular flexibility index (Phi) is 13.1. The van der Waals surface area contributed by atoms with Gasteiger partial charge in [-0.25, -0.2) is 0 Å². The number of aliphatic imine (C=N–C) groups is 2. The second-order valence-electron chi connectivity index (χ2n) is 14.7. The molecule has 0 saturated heterocycles. The Labute approximate surface area is 358 Å². The highest BCUT2D eigenvalue weighted by Gasteiger charge is 2.40. The lowest BCUT2D eigenvalue weighted by molar-refractivity contribution is 0.0369. The van der Waals surface area contributed by atoms with Gasteiger partial charge >= 0.3 is 0 Å². The third kappa shape index (κ3) is 8.55. The summed E-state index contributed by atoms with van der Waals surface area (Å²) in [6.45, 7) is 1.92.